The van der Waals surface area contributed by atoms with Gasteiger partial charge in [-0.1, -0.05) is 31.5 Å². The lowest BCUT2D eigenvalue weighted by Gasteiger charge is -2.12. The lowest BCUT2D eigenvalue weighted by atomic mass is 10.1. The Kier molecular flexibility index (Phi) is 6.34. The second-order valence-electron chi connectivity index (χ2n) is 5.74. The minimum absolute atomic E-state index is 0.0148. The molecule has 0 heterocycles. The van der Waals surface area contributed by atoms with Gasteiger partial charge in [0.1, 0.15) is 0 Å². The van der Waals surface area contributed by atoms with E-state index in [4.69, 9.17) is 0 Å². The van der Waals surface area contributed by atoms with Gasteiger partial charge in [-0.2, -0.15) is 0 Å². The van der Waals surface area contributed by atoms with Crippen LogP contribution in [0.25, 0.3) is 0 Å². The molecule has 0 aromatic heterocycles. The molecule has 0 aliphatic heterocycles. The maximum absolute atomic E-state index is 4.50. The van der Waals surface area contributed by atoms with E-state index in [-0.39, 0.29) is 5.54 Å². The van der Waals surface area contributed by atoms with Crippen LogP contribution in [-0.4, -0.2) is 11.8 Å². The van der Waals surface area contributed by atoms with Crippen molar-refractivity contribution in [2.75, 3.05) is 5.32 Å². The normalized spacial score (nSPS) is 12.9. The number of unbranched alkanes of at least 4 members (excludes halogenated alkanes) is 1. The van der Waals surface area contributed by atoms with Crippen molar-refractivity contribution >= 4 is 11.9 Å². The number of para-hydroxylation sites is 1. The number of allylic oxidation sites excluding steroid dienone is 2. The van der Waals surface area contributed by atoms with E-state index in [0.717, 1.165) is 12.1 Å². The number of nitrogens with one attached hydrogen (secondary N) is 1. The first-order valence-corrected chi connectivity index (χ1v) is 7.08. The second-order valence-corrected chi connectivity index (χ2v) is 5.74. The van der Waals surface area contributed by atoms with Crippen molar-refractivity contribution in [1.29, 1.82) is 0 Å². The Morgan fingerprint density at radius 1 is 1.21 bits per heavy atom. The van der Waals surface area contributed by atoms with Crippen molar-refractivity contribution in [1.82, 2.24) is 0 Å². The van der Waals surface area contributed by atoms with Gasteiger partial charge in [-0.05, 0) is 51.8 Å². The summed E-state index contributed by atoms with van der Waals surface area (Å²) in [5.41, 5.74) is 2.34. The summed E-state index contributed by atoms with van der Waals surface area (Å²) < 4.78 is 0. The van der Waals surface area contributed by atoms with Crippen LogP contribution in [0, 0.1) is 0 Å². The average Bonchev–Trinajstić information content (AvgIpc) is 2.35. The van der Waals surface area contributed by atoms with Gasteiger partial charge in [0, 0.05) is 17.6 Å². The van der Waals surface area contributed by atoms with Crippen LogP contribution in [0.5, 0.6) is 0 Å². The molecule has 0 bridgehead atoms. The van der Waals surface area contributed by atoms with Gasteiger partial charge < -0.3 is 5.32 Å². The zero-order valence-electron chi connectivity index (χ0n) is 12.6. The summed E-state index contributed by atoms with van der Waals surface area (Å²) in [6, 6.07) is 10.3. The van der Waals surface area contributed by atoms with E-state index < -0.39 is 0 Å². The minimum atomic E-state index is -0.0148. The number of anilines is 1. The summed E-state index contributed by atoms with van der Waals surface area (Å²) in [5.74, 6) is 0. The van der Waals surface area contributed by atoms with Crippen molar-refractivity contribution in [3.8, 4) is 0 Å². The fraction of sp³-hybridized carbons (Fsp3) is 0.471. The Hall–Kier alpha value is -1.57. The third-order valence-corrected chi connectivity index (χ3v) is 2.62. The number of benzene rings is 1. The molecular weight excluding hydrogens is 232 g/mol. The third-order valence-electron chi connectivity index (χ3n) is 2.62. The van der Waals surface area contributed by atoms with Crippen LogP contribution >= 0.6 is 0 Å². The quantitative estimate of drug-likeness (QED) is 0.710. The van der Waals surface area contributed by atoms with Crippen LogP contribution in [0.3, 0.4) is 0 Å². The van der Waals surface area contributed by atoms with E-state index in [2.05, 4.69) is 56.2 Å². The van der Waals surface area contributed by atoms with Gasteiger partial charge in [-0.3, -0.25) is 4.99 Å². The number of hydrogen-bond donors (Lipinski definition) is 1. The van der Waals surface area contributed by atoms with Crippen LogP contribution in [0.4, 0.5) is 5.69 Å². The predicted molar refractivity (Wildman–Crippen MR) is 85.9 cm³/mol. The molecule has 2 heteroatoms. The molecule has 1 N–H and O–H groups in total. The SMILES string of the molecule is CCCCC(=CC=NC(C)(C)C)Nc1ccccc1. The van der Waals surface area contributed by atoms with Crippen molar-refractivity contribution < 1.29 is 0 Å². The highest BCUT2D eigenvalue weighted by Gasteiger charge is 2.04. The Balaban J connectivity index is 2.71. The van der Waals surface area contributed by atoms with Crippen molar-refractivity contribution in [2.24, 2.45) is 4.99 Å². The van der Waals surface area contributed by atoms with Crippen LogP contribution in [-0.2, 0) is 0 Å². The molecule has 104 valence electrons. The largest absolute Gasteiger partial charge is 0.359 e. The van der Waals surface area contributed by atoms with Crippen LogP contribution in [0.1, 0.15) is 47.0 Å². The lowest BCUT2D eigenvalue weighted by Crippen LogP contribution is -2.09. The van der Waals surface area contributed by atoms with E-state index in [9.17, 15) is 0 Å². The van der Waals surface area contributed by atoms with Crippen molar-refractivity contribution in [3.63, 3.8) is 0 Å². The van der Waals surface area contributed by atoms with E-state index in [0.29, 0.717) is 0 Å². The van der Waals surface area contributed by atoms with E-state index >= 15 is 0 Å². The lowest BCUT2D eigenvalue weighted by molar-refractivity contribution is 0.587. The number of hydrogen-bond acceptors (Lipinski definition) is 2. The Morgan fingerprint density at radius 3 is 2.47 bits per heavy atom. The van der Waals surface area contributed by atoms with Gasteiger partial charge in [0.2, 0.25) is 0 Å². The summed E-state index contributed by atoms with van der Waals surface area (Å²) in [6.07, 6.45) is 7.45. The highest BCUT2D eigenvalue weighted by atomic mass is 14.9. The van der Waals surface area contributed by atoms with Crippen LogP contribution < -0.4 is 5.32 Å². The summed E-state index contributed by atoms with van der Waals surface area (Å²) >= 11 is 0. The number of rotatable bonds is 6. The van der Waals surface area contributed by atoms with E-state index in [1.165, 1.54) is 18.5 Å². The van der Waals surface area contributed by atoms with Gasteiger partial charge in [0.25, 0.3) is 0 Å². The first kappa shape index (κ1) is 15.5. The van der Waals surface area contributed by atoms with Crippen LogP contribution in [0.2, 0.25) is 0 Å². The molecule has 0 radical (unpaired) electrons. The molecule has 1 aromatic rings. The van der Waals surface area contributed by atoms with Gasteiger partial charge in [-0.25, -0.2) is 0 Å². The topological polar surface area (TPSA) is 24.4 Å². The first-order chi connectivity index (χ1) is 9.01. The number of aliphatic imine (C=N–C) groups is 1. The smallest absolute Gasteiger partial charge is 0.0524 e. The molecule has 0 saturated carbocycles. The molecular formula is C17H26N2. The third kappa shape index (κ3) is 7.45. The summed E-state index contributed by atoms with van der Waals surface area (Å²) in [5, 5.41) is 3.47. The Morgan fingerprint density at radius 2 is 1.89 bits per heavy atom. The van der Waals surface area contributed by atoms with Gasteiger partial charge in [0.05, 0.1) is 5.54 Å². The van der Waals surface area contributed by atoms with Gasteiger partial charge in [0.15, 0.2) is 0 Å². The zero-order chi connectivity index (χ0) is 14.1. The molecule has 0 aliphatic rings. The second kappa shape index (κ2) is 7.78. The molecule has 0 aliphatic carbocycles. The molecule has 19 heavy (non-hydrogen) atoms. The van der Waals surface area contributed by atoms with Gasteiger partial charge >= 0.3 is 0 Å². The van der Waals surface area contributed by atoms with Crippen molar-refractivity contribution in [3.05, 3.63) is 42.1 Å². The molecule has 0 atom stereocenters. The fourth-order valence-electron chi connectivity index (χ4n) is 1.61. The molecule has 0 saturated heterocycles. The average molecular weight is 258 g/mol. The molecule has 2 nitrogen and oxygen atoms in total. The van der Waals surface area contributed by atoms with Crippen LogP contribution in [0.15, 0.2) is 47.1 Å². The molecule has 0 amide bonds. The molecule has 0 fully saturated rings. The highest BCUT2D eigenvalue weighted by Crippen LogP contribution is 2.13. The summed E-state index contributed by atoms with van der Waals surface area (Å²) in [6.45, 7) is 8.53. The van der Waals surface area contributed by atoms with E-state index in [1.807, 2.05) is 24.4 Å². The first-order valence-electron chi connectivity index (χ1n) is 7.08. The zero-order valence-corrected chi connectivity index (χ0v) is 12.6. The predicted octanol–water partition coefficient (Wildman–Crippen LogP) is 5.04. The Labute approximate surface area is 117 Å². The summed E-state index contributed by atoms with van der Waals surface area (Å²) in [4.78, 5) is 4.50. The number of nitrogens with zero attached hydrogens (tertiary/aromatic N) is 1. The molecule has 1 rings (SSSR count). The Bertz CT molecular complexity index is 411. The van der Waals surface area contributed by atoms with Crippen molar-refractivity contribution in [2.45, 2.75) is 52.5 Å². The maximum atomic E-state index is 4.50. The highest BCUT2D eigenvalue weighted by molar-refractivity contribution is 5.73. The monoisotopic (exact) mass is 258 g/mol. The fourth-order valence-corrected chi connectivity index (χ4v) is 1.61. The molecule has 0 unspecified atom stereocenters. The standard InChI is InChI=1S/C17H26N2/c1-5-6-10-16(13-14-18-17(2,3)4)19-15-11-8-7-9-12-15/h7-9,11-14,19H,5-6,10H2,1-4H3. The van der Waals surface area contributed by atoms with E-state index in [1.54, 1.807) is 0 Å². The maximum Gasteiger partial charge on any atom is 0.0524 e. The molecule has 0 spiro atoms. The molecule has 1 aromatic carbocycles. The minimum Gasteiger partial charge on any atom is -0.359 e. The summed E-state index contributed by atoms with van der Waals surface area (Å²) in [7, 11) is 0. The van der Waals surface area contributed by atoms with Gasteiger partial charge in [-0.15, -0.1) is 0 Å².